The van der Waals surface area contributed by atoms with Gasteiger partial charge in [0.2, 0.25) is 0 Å². The van der Waals surface area contributed by atoms with E-state index in [0.717, 1.165) is 44.9 Å². The van der Waals surface area contributed by atoms with E-state index < -0.39 is 0 Å². The summed E-state index contributed by atoms with van der Waals surface area (Å²) in [6.45, 7) is 4.94. The molecule has 4 rings (SSSR count). The van der Waals surface area contributed by atoms with E-state index in [4.69, 9.17) is 13.9 Å². The molecule has 2 aliphatic heterocycles. The summed E-state index contributed by atoms with van der Waals surface area (Å²) in [5.41, 5.74) is 0.607. The Morgan fingerprint density at radius 1 is 1.39 bits per heavy atom. The Morgan fingerprint density at radius 2 is 2.17 bits per heavy atom. The summed E-state index contributed by atoms with van der Waals surface area (Å²) in [4.78, 5) is 14.5. The van der Waals surface area contributed by atoms with Crippen molar-refractivity contribution < 1.29 is 18.7 Å². The zero-order chi connectivity index (χ0) is 15.9. The van der Waals surface area contributed by atoms with Crippen molar-refractivity contribution in [2.24, 2.45) is 5.92 Å². The van der Waals surface area contributed by atoms with Crippen LogP contribution >= 0.6 is 0 Å². The van der Waals surface area contributed by atoms with Gasteiger partial charge in [-0.3, -0.25) is 4.79 Å². The number of hydrogen-bond acceptors (Lipinski definition) is 4. The fourth-order valence-corrected chi connectivity index (χ4v) is 3.71. The molecule has 0 aromatic carbocycles. The van der Waals surface area contributed by atoms with Crippen LogP contribution in [0.1, 0.15) is 48.2 Å². The molecule has 3 fully saturated rings. The number of likely N-dealkylation sites (tertiary alicyclic amines) is 1. The largest absolute Gasteiger partial charge is 0.469 e. The van der Waals surface area contributed by atoms with Gasteiger partial charge in [0.05, 0.1) is 30.1 Å². The van der Waals surface area contributed by atoms with Crippen molar-refractivity contribution in [3.05, 3.63) is 23.7 Å². The Hall–Kier alpha value is -1.33. The third-order valence-electron chi connectivity index (χ3n) is 5.49. The van der Waals surface area contributed by atoms with E-state index in [2.05, 4.69) is 0 Å². The number of aryl methyl sites for hydroxylation is 1. The van der Waals surface area contributed by atoms with Gasteiger partial charge in [-0.05, 0) is 44.6 Å². The number of piperidine rings is 1. The van der Waals surface area contributed by atoms with Crippen LogP contribution in [0.2, 0.25) is 0 Å². The van der Waals surface area contributed by atoms with Crippen LogP contribution in [0.15, 0.2) is 16.7 Å². The van der Waals surface area contributed by atoms with Gasteiger partial charge in [0.1, 0.15) is 5.76 Å². The first kappa shape index (κ1) is 15.2. The Bertz CT molecular complexity index is 569. The van der Waals surface area contributed by atoms with Crippen molar-refractivity contribution in [1.82, 2.24) is 4.90 Å². The summed E-state index contributed by atoms with van der Waals surface area (Å²) in [6.07, 6.45) is 7.25. The Balaban J connectivity index is 1.30. The summed E-state index contributed by atoms with van der Waals surface area (Å²) in [7, 11) is 0. The molecule has 0 bridgehead atoms. The molecule has 0 radical (unpaired) electrons. The maximum absolute atomic E-state index is 12.5. The number of carbonyl (C=O) groups excluding carboxylic acids is 1. The van der Waals surface area contributed by atoms with Gasteiger partial charge in [0.25, 0.3) is 5.91 Å². The summed E-state index contributed by atoms with van der Waals surface area (Å²) in [5.74, 6) is 1.57. The molecule has 5 nitrogen and oxygen atoms in total. The Morgan fingerprint density at radius 3 is 2.83 bits per heavy atom. The first-order valence-corrected chi connectivity index (χ1v) is 8.74. The first-order chi connectivity index (χ1) is 11.2. The van der Waals surface area contributed by atoms with E-state index in [-0.39, 0.29) is 17.6 Å². The van der Waals surface area contributed by atoms with Gasteiger partial charge in [-0.1, -0.05) is 0 Å². The molecular formula is C18H25NO4. The smallest absolute Gasteiger partial charge is 0.257 e. The van der Waals surface area contributed by atoms with E-state index in [1.165, 1.54) is 12.8 Å². The molecule has 1 aromatic heterocycles. The molecule has 3 heterocycles. The molecule has 0 unspecified atom stereocenters. The average molecular weight is 319 g/mol. The second kappa shape index (κ2) is 5.95. The van der Waals surface area contributed by atoms with Gasteiger partial charge in [-0.2, -0.15) is 0 Å². The lowest BCUT2D eigenvalue weighted by molar-refractivity contribution is -0.0410. The van der Waals surface area contributed by atoms with E-state index in [9.17, 15) is 4.79 Å². The minimum absolute atomic E-state index is 0.0730. The molecule has 0 N–H and O–H groups in total. The number of furan rings is 1. The van der Waals surface area contributed by atoms with Crippen LogP contribution in [0.5, 0.6) is 0 Å². The third kappa shape index (κ3) is 3.17. The molecule has 1 aliphatic carbocycles. The van der Waals surface area contributed by atoms with E-state index in [1.807, 2.05) is 11.8 Å². The Kier molecular flexibility index (Phi) is 3.93. The average Bonchev–Trinajstić information content (AvgIpc) is 3.17. The lowest BCUT2D eigenvalue weighted by atomic mass is 9.87. The topological polar surface area (TPSA) is 51.9 Å². The number of amides is 1. The van der Waals surface area contributed by atoms with E-state index in [1.54, 1.807) is 12.3 Å². The van der Waals surface area contributed by atoms with Crippen LogP contribution in [0, 0.1) is 12.8 Å². The summed E-state index contributed by atoms with van der Waals surface area (Å²) in [5, 5.41) is 0. The number of carbonyl (C=O) groups is 1. The van der Waals surface area contributed by atoms with Crippen LogP contribution in [-0.4, -0.2) is 48.8 Å². The highest BCUT2D eigenvalue weighted by Gasteiger charge is 2.44. The molecule has 23 heavy (non-hydrogen) atoms. The Labute approximate surface area is 136 Å². The second-order valence-electron chi connectivity index (χ2n) is 7.28. The molecule has 1 aromatic rings. The molecule has 3 aliphatic rings. The number of ether oxygens (including phenoxy) is 2. The third-order valence-corrected chi connectivity index (χ3v) is 5.49. The van der Waals surface area contributed by atoms with Crippen LogP contribution in [0.3, 0.4) is 0 Å². The summed E-state index contributed by atoms with van der Waals surface area (Å²) < 4.78 is 17.3. The van der Waals surface area contributed by atoms with Crippen molar-refractivity contribution in [3.8, 4) is 0 Å². The van der Waals surface area contributed by atoms with Gasteiger partial charge in [0, 0.05) is 26.1 Å². The molecule has 1 saturated carbocycles. The molecule has 1 atom stereocenters. The predicted molar refractivity (Wildman–Crippen MR) is 84.3 cm³/mol. The maximum atomic E-state index is 12.5. The van der Waals surface area contributed by atoms with Crippen molar-refractivity contribution in [2.75, 3.05) is 26.3 Å². The number of nitrogens with zero attached hydrogens (tertiary/aromatic N) is 1. The minimum atomic E-state index is -0.0730. The van der Waals surface area contributed by atoms with Crippen molar-refractivity contribution in [3.63, 3.8) is 0 Å². The molecular weight excluding hydrogens is 294 g/mol. The monoisotopic (exact) mass is 319 g/mol. The number of rotatable bonds is 4. The quantitative estimate of drug-likeness (QED) is 0.856. The van der Waals surface area contributed by atoms with Gasteiger partial charge >= 0.3 is 0 Å². The van der Waals surface area contributed by atoms with Gasteiger partial charge in [-0.15, -0.1) is 0 Å². The number of hydrogen-bond donors (Lipinski definition) is 0. The summed E-state index contributed by atoms with van der Waals surface area (Å²) >= 11 is 0. The van der Waals surface area contributed by atoms with Crippen LogP contribution < -0.4 is 0 Å². The molecule has 1 spiro atoms. The lowest BCUT2D eigenvalue weighted by Gasteiger charge is -2.38. The van der Waals surface area contributed by atoms with Crippen LogP contribution in [0.25, 0.3) is 0 Å². The van der Waals surface area contributed by atoms with Crippen LogP contribution in [-0.2, 0) is 9.47 Å². The fraction of sp³-hybridized carbons (Fsp3) is 0.722. The van der Waals surface area contributed by atoms with Crippen LogP contribution in [0.4, 0.5) is 0 Å². The zero-order valence-electron chi connectivity index (χ0n) is 13.8. The van der Waals surface area contributed by atoms with Gasteiger partial charge in [-0.25, -0.2) is 0 Å². The first-order valence-electron chi connectivity index (χ1n) is 8.74. The molecule has 5 heteroatoms. The van der Waals surface area contributed by atoms with E-state index in [0.29, 0.717) is 17.9 Å². The minimum Gasteiger partial charge on any atom is -0.469 e. The molecule has 126 valence electrons. The maximum Gasteiger partial charge on any atom is 0.257 e. The molecule has 2 saturated heterocycles. The normalized spacial score (nSPS) is 26.8. The van der Waals surface area contributed by atoms with Gasteiger partial charge < -0.3 is 18.8 Å². The van der Waals surface area contributed by atoms with E-state index >= 15 is 0 Å². The standard InChI is InChI=1S/C18H25NO4/c1-13-16(4-9-21-13)17(20)19-7-5-18(6-8-19)10-15(12-23-18)22-11-14-2-3-14/h4,9,14-15H,2-3,5-8,10-12H2,1H3/t15-/m0/s1. The highest BCUT2D eigenvalue weighted by Crippen LogP contribution is 2.38. The highest BCUT2D eigenvalue weighted by atomic mass is 16.6. The summed E-state index contributed by atoms with van der Waals surface area (Å²) in [6, 6.07) is 1.76. The SMILES string of the molecule is Cc1occc1C(=O)N1CCC2(CC1)C[C@H](OCC1CC1)CO2. The highest BCUT2D eigenvalue weighted by molar-refractivity contribution is 5.95. The zero-order valence-corrected chi connectivity index (χ0v) is 13.8. The second-order valence-corrected chi connectivity index (χ2v) is 7.28. The van der Waals surface area contributed by atoms with Gasteiger partial charge in [0.15, 0.2) is 0 Å². The van der Waals surface area contributed by atoms with Crippen molar-refractivity contribution in [2.45, 2.75) is 50.7 Å². The predicted octanol–water partition coefficient (Wildman–Crippen LogP) is 2.78. The van der Waals surface area contributed by atoms with Crippen molar-refractivity contribution >= 4 is 5.91 Å². The molecule has 1 amide bonds. The van der Waals surface area contributed by atoms with Crippen molar-refractivity contribution in [1.29, 1.82) is 0 Å². The fourth-order valence-electron chi connectivity index (χ4n) is 3.71. The lowest BCUT2D eigenvalue weighted by Crippen LogP contribution is -2.46.